The average Bonchev–Trinajstić information content (AvgIpc) is 3.10. The van der Waals surface area contributed by atoms with Crippen LogP contribution in [0.25, 0.3) is 5.57 Å². The van der Waals surface area contributed by atoms with Crippen LogP contribution in [0.5, 0.6) is 5.75 Å². The van der Waals surface area contributed by atoms with Crippen LogP contribution in [0.4, 0.5) is 8.78 Å². The molecule has 31 heavy (non-hydrogen) atoms. The van der Waals surface area contributed by atoms with E-state index in [1.54, 1.807) is 19.9 Å². The number of fused-ring (bicyclic) bond motifs is 1. The normalized spacial score (nSPS) is 27.2. The number of piperidine rings is 1. The second kappa shape index (κ2) is 8.10. The predicted octanol–water partition coefficient (Wildman–Crippen LogP) is 2.34. The molecule has 9 heteroatoms. The third-order valence-corrected chi connectivity index (χ3v) is 7.76. The maximum absolute atomic E-state index is 14.6. The van der Waals surface area contributed by atoms with Gasteiger partial charge in [-0.1, -0.05) is 6.08 Å². The van der Waals surface area contributed by atoms with E-state index in [0.717, 1.165) is 24.9 Å². The number of hydrogen-bond acceptors (Lipinski definition) is 5. The molecule has 1 saturated heterocycles. The van der Waals surface area contributed by atoms with E-state index in [1.165, 1.54) is 16.4 Å². The van der Waals surface area contributed by atoms with E-state index in [0.29, 0.717) is 42.8 Å². The van der Waals surface area contributed by atoms with Gasteiger partial charge in [0.1, 0.15) is 0 Å². The fraction of sp³-hybridized carbons (Fsp3) is 0.636. The highest BCUT2D eigenvalue weighted by molar-refractivity contribution is 7.88. The van der Waals surface area contributed by atoms with Gasteiger partial charge in [0.2, 0.25) is 10.0 Å². The van der Waals surface area contributed by atoms with Crippen LogP contribution in [0.1, 0.15) is 25.8 Å². The van der Waals surface area contributed by atoms with Crippen molar-refractivity contribution in [1.82, 2.24) is 9.21 Å². The van der Waals surface area contributed by atoms with Crippen LogP contribution in [0.2, 0.25) is 0 Å². The average molecular weight is 457 g/mol. The Morgan fingerprint density at radius 2 is 1.81 bits per heavy atom. The van der Waals surface area contributed by atoms with E-state index >= 15 is 0 Å². The van der Waals surface area contributed by atoms with Crippen LogP contribution in [0, 0.1) is 29.4 Å². The van der Waals surface area contributed by atoms with Crippen molar-refractivity contribution in [2.45, 2.75) is 25.9 Å². The summed E-state index contributed by atoms with van der Waals surface area (Å²) in [4.78, 5) is 2.23. The van der Waals surface area contributed by atoms with Crippen molar-refractivity contribution < 1.29 is 27.0 Å². The van der Waals surface area contributed by atoms with E-state index in [9.17, 15) is 22.3 Å². The highest BCUT2D eigenvalue weighted by Crippen LogP contribution is 2.52. The van der Waals surface area contributed by atoms with Crippen LogP contribution in [0.3, 0.4) is 0 Å². The first kappa shape index (κ1) is 22.6. The number of β-amino-alcohol motifs (C(OH)–C–C–N with tert-alkyl or cyclic N) is 1. The van der Waals surface area contributed by atoms with Crippen molar-refractivity contribution in [1.29, 1.82) is 0 Å². The van der Waals surface area contributed by atoms with Crippen molar-refractivity contribution in [2.24, 2.45) is 17.8 Å². The molecular formula is C22H30F2N2O4S. The molecule has 2 aliphatic heterocycles. The Morgan fingerprint density at radius 1 is 1.19 bits per heavy atom. The first-order chi connectivity index (χ1) is 14.4. The number of benzene rings is 1. The molecule has 2 fully saturated rings. The maximum atomic E-state index is 14.6. The van der Waals surface area contributed by atoms with Gasteiger partial charge >= 0.3 is 0 Å². The second-order valence-corrected chi connectivity index (χ2v) is 11.7. The molecule has 3 aliphatic rings. The predicted molar refractivity (Wildman–Crippen MR) is 114 cm³/mol. The lowest BCUT2D eigenvalue weighted by Crippen LogP contribution is -2.39. The smallest absolute Gasteiger partial charge is 0.211 e. The van der Waals surface area contributed by atoms with E-state index in [-0.39, 0.29) is 18.9 Å². The summed E-state index contributed by atoms with van der Waals surface area (Å²) in [7, 11) is -3.28. The SMILES string of the molecule is CC(C)(O)CN1CC2C(COc3c(F)cc(C4=CCN(S(C)(=O)=O)CC4)cc3F)[C@@H]2C1. The molecule has 0 radical (unpaired) electrons. The molecule has 1 aromatic rings. The molecule has 0 spiro atoms. The third kappa shape index (κ3) is 5.10. The standard InChI is InChI=1S/C22H30F2N2O4S/c1-22(2,27)13-25-10-16-17(11-25)18(16)12-30-21-19(23)8-15(9-20(21)24)14-4-6-26(7-5-14)31(3,28)29/h4,8-9,16-18,27H,5-7,10-13H2,1-3H3/t16-,17?,18?/m1/s1. The van der Waals surface area contributed by atoms with Crippen molar-refractivity contribution in [2.75, 3.05) is 45.6 Å². The molecule has 3 atom stereocenters. The van der Waals surface area contributed by atoms with Gasteiger partial charge in [0, 0.05) is 38.6 Å². The summed E-state index contributed by atoms with van der Waals surface area (Å²) in [6.07, 6.45) is 3.25. The lowest BCUT2D eigenvalue weighted by molar-refractivity contribution is 0.0380. The fourth-order valence-electron chi connectivity index (χ4n) is 4.94. The fourth-order valence-corrected chi connectivity index (χ4v) is 5.71. The second-order valence-electron chi connectivity index (χ2n) is 9.68. The Morgan fingerprint density at radius 3 is 2.29 bits per heavy atom. The Bertz CT molecular complexity index is 955. The summed E-state index contributed by atoms with van der Waals surface area (Å²) in [6, 6.07) is 2.53. The quantitative estimate of drug-likeness (QED) is 0.682. The first-order valence-corrected chi connectivity index (χ1v) is 12.5. The first-order valence-electron chi connectivity index (χ1n) is 10.6. The Labute approximate surface area is 182 Å². The van der Waals surface area contributed by atoms with E-state index in [1.807, 2.05) is 0 Å². The molecule has 0 bridgehead atoms. The number of nitrogens with zero attached hydrogens (tertiary/aromatic N) is 2. The van der Waals surface area contributed by atoms with Crippen molar-refractivity contribution in [3.63, 3.8) is 0 Å². The Balaban J connectivity index is 1.34. The number of likely N-dealkylation sites (tertiary alicyclic amines) is 1. The largest absolute Gasteiger partial charge is 0.487 e. The van der Waals surface area contributed by atoms with Gasteiger partial charge in [-0.2, -0.15) is 4.31 Å². The molecule has 1 saturated carbocycles. The minimum absolute atomic E-state index is 0.199. The zero-order chi connectivity index (χ0) is 22.6. The monoisotopic (exact) mass is 456 g/mol. The van der Waals surface area contributed by atoms with Crippen LogP contribution in [-0.2, 0) is 10.0 Å². The molecule has 2 unspecified atom stereocenters. The van der Waals surface area contributed by atoms with E-state index in [4.69, 9.17) is 4.74 Å². The Kier molecular flexibility index (Phi) is 5.91. The molecule has 1 aromatic carbocycles. The van der Waals surface area contributed by atoms with Crippen LogP contribution >= 0.6 is 0 Å². The van der Waals surface area contributed by atoms with E-state index < -0.39 is 27.3 Å². The summed E-state index contributed by atoms with van der Waals surface area (Å²) in [5, 5.41) is 9.94. The van der Waals surface area contributed by atoms with E-state index in [2.05, 4.69) is 4.90 Å². The summed E-state index contributed by atoms with van der Waals surface area (Å²) in [5.41, 5.74) is 0.419. The summed E-state index contributed by atoms with van der Waals surface area (Å²) in [5.74, 6) is -0.626. The van der Waals surface area contributed by atoms with Crippen molar-refractivity contribution in [3.8, 4) is 5.75 Å². The molecule has 6 nitrogen and oxygen atoms in total. The van der Waals surface area contributed by atoms with Crippen molar-refractivity contribution in [3.05, 3.63) is 35.4 Å². The lowest BCUT2D eigenvalue weighted by atomic mass is 10.00. The summed E-state index contributed by atoms with van der Waals surface area (Å²) < 4.78 is 59.3. The highest BCUT2D eigenvalue weighted by Gasteiger charge is 2.56. The lowest BCUT2D eigenvalue weighted by Gasteiger charge is -2.27. The molecule has 4 rings (SSSR count). The van der Waals surface area contributed by atoms with Crippen LogP contribution in [-0.4, -0.2) is 73.9 Å². The molecule has 2 heterocycles. The summed E-state index contributed by atoms with van der Waals surface area (Å²) in [6.45, 7) is 6.73. The number of halogens is 2. The number of sulfonamides is 1. The minimum Gasteiger partial charge on any atom is -0.487 e. The topological polar surface area (TPSA) is 70.1 Å². The number of ether oxygens (including phenoxy) is 1. The zero-order valence-corrected chi connectivity index (χ0v) is 19.0. The van der Waals surface area contributed by atoms with Gasteiger partial charge < -0.3 is 9.84 Å². The maximum Gasteiger partial charge on any atom is 0.211 e. The van der Waals surface area contributed by atoms with Crippen molar-refractivity contribution >= 4 is 15.6 Å². The molecular weight excluding hydrogens is 426 g/mol. The third-order valence-electron chi connectivity index (χ3n) is 6.49. The number of hydrogen-bond donors (Lipinski definition) is 1. The van der Waals surface area contributed by atoms with Gasteiger partial charge in [0.15, 0.2) is 17.4 Å². The molecule has 1 N–H and O–H groups in total. The molecule has 0 aromatic heterocycles. The van der Waals surface area contributed by atoms with Gasteiger partial charge in [-0.25, -0.2) is 17.2 Å². The minimum atomic E-state index is -3.28. The van der Waals surface area contributed by atoms with Gasteiger partial charge in [0.25, 0.3) is 0 Å². The highest BCUT2D eigenvalue weighted by atomic mass is 32.2. The summed E-state index contributed by atoms with van der Waals surface area (Å²) >= 11 is 0. The van der Waals surface area contributed by atoms with Gasteiger partial charge in [-0.05, 0) is 55.4 Å². The van der Waals surface area contributed by atoms with Gasteiger partial charge in [-0.3, -0.25) is 4.90 Å². The van der Waals surface area contributed by atoms with Crippen LogP contribution in [0.15, 0.2) is 18.2 Å². The molecule has 1 aliphatic carbocycles. The van der Waals surface area contributed by atoms with Gasteiger partial charge in [0.05, 0.1) is 18.5 Å². The Hall–Kier alpha value is -1.55. The number of aliphatic hydroxyl groups is 1. The molecule has 0 amide bonds. The van der Waals surface area contributed by atoms with Crippen LogP contribution < -0.4 is 4.74 Å². The number of rotatable bonds is 7. The zero-order valence-electron chi connectivity index (χ0n) is 18.1. The molecule has 172 valence electrons. The van der Waals surface area contributed by atoms with Gasteiger partial charge in [-0.15, -0.1) is 0 Å².